The summed E-state index contributed by atoms with van der Waals surface area (Å²) in [7, 11) is 0. The summed E-state index contributed by atoms with van der Waals surface area (Å²) < 4.78 is 27.1. The van der Waals surface area contributed by atoms with Gasteiger partial charge in [0.25, 0.3) is 0 Å². The molecule has 1 nitrogen and oxygen atoms in total. The lowest BCUT2D eigenvalue weighted by Gasteiger charge is -2.26. The van der Waals surface area contributed by atoms with Crippen LogP contribution in [0, 0.1) is 23.5 Å². The Balaban J connectivity index is 2.14. The summed E-state index contributed by atoms with van der Waals surface area (Å²) in [6.45, 7) is 2.14. The first kappa shape index (κ1) is 14.4. The molecule has 4 heteroatoms. The number of rotatable bonds is 3. The highest BCUT2D eigenvalue weighted by atomic mass is 35.5. The molecule has 0 saturated heterocycles. The van der Waals surface area contributed by atoms with Crippen molar-refractivity contribution in [1.82, 2.24) is 0 Å². The van der Waals surface area contributed by atoms with Crippen molar-refractivity contribution in [2.24, 2.45) is 11.8 Å². The van der Waals surface area contributed by atoms with Crippen molar-refractivity contribution in [2.75, 3.05) is 0 Å². The summed E-state index contributed by atoms with van der Waals surface area (Å²) in [6, 6.07) is 1.80. The quantitative estimate of drug-likeness (QED) is 0.563. The van der Waals surface area contributed by atoms with Gasteiger partial charge in [-0.25, -0.2) is 8.78 Å². The third-order valence-corrected chi connectivity index (χ3v) is 4.36. The van der Waals surface area contributed by atoms with Gasteiger partial charge in [0.1, 0.15) is 11.6 Å². The van der Waals surface area contributed by atoms with Crippen LogP contribution in [0.3, 0.4) is 0 Å². The average molecular weight is 287 g/mol. The molecule has 0 aliphatic heterocycles. The van der Waals surface area contributed by atoms with Gasteiger partial charge in [-0.05, 0) is 43.7 Å². The number of Topliss-reactive ketones (excluding diaryl/α,β-unsaturated/α-hetero) is 1. The number of halogens is 3. The molecule has 1 aliphatic carbocycles. The van der Waals surface area contributed by atoms with Crippen LogP contribution in [0.15, 0.2) is 12.1 Å². The lowest BCUT2D eigenvalue weighted by molar-refractivity contribution is 0.0866. The van der Waals surface area contributed by atoms with Gasteiger partial charge < -0.3 is 0 Å². The van der Waals surface area contributed by atoms with Crippen molar-refractivity contribution >= 4 is 17.4 Å². The van der Waals surface area contributed by atoms with Crippen LogP contribution in [-0.2, 0) is 0 Å². The van der Waals surface area contributed by atoms with Crippen LogP contribution in [0.2, 0.25) is 5.02 Å². The van der Waals surface area contributed by atoms with Crippen LogP contribution in [0.4, 0.5) is 8.78 Å². The molecule has 19 heavy (non-hydrogen) atoms. The Labute approximate surface area is 117 Å². The summed E-state index contributed by atoms with van der Waals surface area (Å²) in [6.07, 6.45) is 4.63. The van der Waals surface area contributed by atoms with Crippen LogP contribution in [0.5, 0.6) is 0 Å². The van der Waals surface area contributed by atoms with Gasteiger partial charge in [-0.3, -0.25) is 4.79 Å². The molecule has 0 amide bonds. The highest BCUT2D eigenvalue weighted by Gasteiger charge is 2.28. The van der Waals surface area contributed by atoms with Crippen molar-refractivity contribution in [3.8, 4) is 0 Å². The minimum absolute atomic E-state index is 0.165. The predicted molar refractivity (Wildman–Crippen MR) is 71.4 cm³/mol. The Morgan fingerprint density at radius 2 is 1.84 bits per heavy atom. The first-order chi connectivity index (χ1) is 9.02. The Morgan fingerprint density at radius 1 is 1.21 bits per heavy atom. The summed E-state index contributed by atoms with van der Waals surface area (Å²) in [5, 5.41) is -0.288. The average Bonchev–Trinajstić information content (AvgIpc) is 2.42. The number of ketones is 1. The maximum absolute atomic E-state index is 13.7. The Morgan fingerprint density at radius 3 is 2.42 bits per heavy atom. The molecule has 0 radical (unpaired) electrons. The monoisotopic (exact) mass is 286 g/mol. The van der Waals surface area contributed by atoms with Crippen LogP contribution in [-0.4, -0.2) is 5.78 Å². The molecular weight excluding hydrogens is 270 g/mol. The second-order valence-corrected chi connectivity index (χ2v) is 5.64. The van der Waals surface area contributed by atoms with Crippen LogP contribution in [0.25, 0.3) is 0 Å². The zero-order chi connectivity index (χ0) is 14.0. The fraction of sp³-hybridized carbons (Fsp3) is 0.533. The second-order valence-electron chi connectivity index (χ2n) is 5.24. The Hall–Kier alpha value is -0.960. The van der Waals surface area contributed by atoms with Gasteiger partial charge in [-0.15, -0.1) is 0 Å². The van der Waals surface area contributed by atoms with Gasteiger partial charge in [0.15, 0.2) is 5.78 Å². The van der Waals surface area contributed by atoms with E-state index in [0.29, 0.717) is 5.92 Å². The van der Waals surface area contributed by atoms with E-state index >= 15 is 0 Å². The maximum atomic E-state index is 13.7. The second kappa shape index (κ2) is 6.00. The predicted octanol–water partition coefficient (Wildman–Crippen LogP) is 5.02. The smallest absolute Gasteiger partial charge is 0.168 e. The molecule has 0 heterocycles. The summed E-state index contributed by atoms with van der Waals surface area (Å²) in [5.74, 6) is -1.28. The molecule has 1 saturated carbocycles. The van der Waals surface area contributed by atoms with Crippen LogP contribution >= 0.6 is 11.6 Å². The minimum atomic E-state index is -0.742. The van der Waals surface area contributed by atoms with E-state index in [1.807, 2.05) is 0 Å². The highest BCUT2D eigenvalue weighted by molar-refractivity contribution is 6.30. The summed E-state index contributed by atoms with van der Waals surface area (Å²) in [5.41, 5.74) is -0.165. The van der Waals surface area contributed by atoms with Gasteiger partial charge in [0.05, 0.1) is 10.6 Å². The molecular formula is C15H17ClF2O. The van der Waals surface area contributed by atoms with Gasteiger partial charge in [0, 0.05) is 5.92 Å². The van der Waals surface area contributed by atoms with E-state index in [2.05, 4.69) is 6.92 Å². The molecule has 1 fully saturated rings. The maximum Gasteiger partial charge on any atom is 0.168 e. The Bertz CT molecular complexity index is 479. The third-order valence-electron chi connectivity index (χ3n) is 4.07. The number of carbonyl (C=O) groups is 1. The molecule has 104 valence electrons. The third kappa shape index (κ3) is 3.14. The van der Waals surface area contributed by atoms with E-state index in [0.717, 1.165) is 44.2 Å². The fourth-order valence-corrected chi connectivity index (χ4v) is 2.91. The molecule has 1 aromatic rings. The van der Waals surface area contributed by atoms with E-state index in [-0.39, 0.29) is 22.3 Å². The molecule has 0 atom stereocenters. The fourth-order valence-electron chi connectivity index (χ4n) is 2.76. The van der Waals surface area contributed by atoms with Crippen LogP contribution in [0.1, 0.15) is 49.4 Å². The molecule has 1 aromatic carbocycles. The SMILES string of the molecule is CCC1CCC(C(=O)c2cc(F)c(Cl)cc2F)CC1. The summed E-state index contributed by atoms with van der Waals surface area (Å²) >= 11 is 5.49. The van der Waals surface area contributed by atoms with Crippen molar-refractivity contribution < 1.29 is 13.6 Å². The molecule has 0 N–H and O–H groups in total. The molecule has 0 unspecified atom stereocenters. The Kier molecular flexibility index (Phi) is 4.56. The molecule has 1 aliphatic rings. The number of hydrogen-bond donors (Lipinski definition) is 0. The number of benzene rings is 1. The van der Waals surface area contributed by atoms with E-state index in [1.54, 1.807) is 0 Å². The first-order valence-electron chi connectivity index (χ1n) is 6.71. The molecule has 0 spiro atoms. The molecule has 0 aromatic heterocycles. The lowest BCUT2D eigenvalue weighted by Crippen LogP contribution is -2.22. The van der Waals surface area contributed by atoms with E-state index in [4.69, 9.17) is 11.6 Å². The number of carbonyl (C=O) groups excluding carboxylic acids is 1. The molecule has 0 bridgehead atoms. The minimum Gasteiger partial charge on any atom is -0.294 e. The van der Waals surface area contributed by atoms with E-state index < -0.39 is 11.6 Å². The highest BCUT2D eigenvalue weighted by Crippen LogP contribution is 2.33. The summed E-state index contributed by atoms with van der Waals surface area (Å²) in [4.78, 5) is 12.2. The van der Waals surface area contributed by atoms with E-state index in [9.17, 15) is 13.6 Å². The first-order valence-corrected chi connectivity index (χ1v) is 7.09. The van der Waals surface area contributed by atoms with Crippen molar-refractivity contribution in [3.63, 3.8) is 0 Å². The van der Waals surface area contributed by atoms with E-state index in [1.165, 1.54) is 0 Å². The standard InChI is InChI=1S/C15H17ClF2O/c1-2-9-3-5-10(6-4-9)15(19)11-7-14(18)12(16)8-13(11)17/h7-10H,2-6H2,1H3. The van der Waals surface area contributed by atoms with Crippen molar-refractivity contribution in [3.05, 3.63) is 34.4 Å². The van der Waals surface area contributed by atoms with Crippen molar-refractivity contribution in [2.45, 2.75) is 39.0 Å². The lowest BCUT2D eigenvalue weighted by atomic mass is 9.78. The zero-order valence-electron chi connectivity index (χ0n) is 10.9. The largest absolute Gasteiger partial charge is 0.294 e. The van der Waals surface area contributed by atoms with Crippen LogP contribution < -0.4 is 0 Å². The topological polar surface area (TPSA) is 17.1 Å². The van der Waals surface area contributed by atoms with Gasteiger partial charge >= 0.3 is 0 Å². The van der Waals surface area contributed by atoms with Gasteiger partial charge in [0.2, 0.25) is 0 Å². The van der Waals surface area contributed by atoms with Crippen molar-refractivity contribution in [1.29, 1.82) is 0 Å². The normalized spacial score (nSPS) is 23.4. The number of hydrogen-bond acceptors (Lipinski definition) is 1. The van der Waals surface area contributed by atoms with Gasteiger partial charge in [-0.1, -0.05) is 24.9 Å². The molecule has 2 rings (SSSR count). The van der Waals surface area contributed by atoms with Gasteiger partial charge in [-0.2, -0.15) is 0 Å². The zero-order valence-corrected chi connectivity index (χ0v) is 11.6.